The second-order valence-electron chi connectivity index (χ2n) is 5.41. The van der Waals surface area contributed by atoms with Gasteiger partial charge in [0.15, 0.2) is 0 Å². The van der Waals surface area contributed by atoms with Gasteiger partial charge in [0.2, 0.25) is 5.91 Å². The van der Waals surface area contributed by atoms with E-state index in [1.54, 1.807) is 0 Å². The first-order valence-corrected chi connectivity index (χ1v) is 7.12. The molecule has 0 radical (unpaired) electrons. The highest BCUT2D eigenvalue weighted by Gasteiger charge is 2.30. The van der Waals surface area contributed by atoms with Crippen LogP contribution in [0.25, 0.3) is 0 Å². The Hall–Kier alpha value is -0.570. The molecule has 1 heterocycles. The van der Waals surface area contributed by atoms with E-state index in [2.05, 4.69) is 38.3 Å². The first-order valence-electron chi connectivity index (χ1n) is 7.12. The molecule has 100 valence electrons. The number of hydrogen-bond acceptors (Lipinski definition) is 2. The topological polar surface area (TPSA) is 41.1 Å². The minimum Gasteiger partial charge on any atom is -0.350 e. The van der Waals surface area contributed by atoms with Gasteiger partial charge >= 0.3 is 0 Å². The average Bonchev–Trinajstić information content (AvgIpc) is 2.37. The molecule has 3 heteroatoms. The molecule has 1 fully saturated rings. The molecule has 0 saturated carbocycles. The summed E-state index contributed by atoms with van der Waals surface area (Å²) in [4.78, 5) is 12.2. The molecule has 3 nitrogen and oxygen atoms in total. The molecule has 2 atom stereocenters. The number of piperidine rings is 1. The molecule has 0 aromatic rings. The molecule has 1 aliphatic heterocycles. The van der Waals surface area contributed by atoms with E-state index < -0.39 is 0 Å². The smallest absolute Gasteiger partial charge is 0.224 e. The Morgan fingerprint density at radius 3 is 2.24 bits per heavy atom. The average molecular weight is 240 g/mol. The normalized spacial score (nSPS) is 25.6. The highest BCUT2D eigenvalue weighted by Crippen LogP contribution is 2.22. The van der Waals surface area contributed by atoms with E-state index in [-0.39, 0.29) is 17.4 Å². The maximum atomic E-state index is 12.2. The van der Waals surface area contributed by atoms with Crippen LogP contribution in [0.15, 0.2) is 0 Å². The van der Waals surface area contributed by atoms with Crippen LogP contribution in [-0.4, -0.2) is 24.0 Å². The van der Waals surface area contributed by atoms with Crippen LogP contribution < -0.4 is 10.6 Å². The molecule has 0 aromatic heterocycles. The molecule has 0 bridgehead atoms. The van der Waals surface area contributed by atoms with Gasteiger partial charge in [-0.15, -0.1) is 0 Å². The third kappa shape index (κ3) is 3.70. The summed E-state index contributed by atoms with van der Waals surface area (Å²) >= 11 is 0. The van der Waals surface area contributed by atoms with Crippen molar-refractivity contribution in [3.63, 3.8) is 0 Å². The summed E-state index contributed by atoms with van der Waals surface area (Å²) in [5.74, 6) is 0.408. The molecule has 17 heavy (non-hydrogen) atoms. The second kappa shape index (κ2) is 6.39. The van der Waals surface area contributed by atoms with Crippen LogP contribution in [0, 0.1) is 5.92 Å². The summed E-state index contributed by atoms with van der Waals surface area (Å²) < 4.78 is 0. The molecule has 1 rings (SSSR count). The fourth-order valence-electron chi connectivity index (χ4n) is 2.60. The Kier molecular flexibility index (Phi) is 5.44. The quantitative estimate of drug-likeness (QED) is 0.775. The second-order valence-corrected chi connectivity index (χ2v) is 5.41. The predicted octanol–water partition coefficient (Wildman–Crippen LogP) is 2.46. The summed E-state index contributed by atoms with van der Waals surface area (Å²) in [5.41, 5.74) is 0.0140. The van der Waals surface area contributed by atoms with Crippen molar-refractivity contribution in [3.8, 4) is 0 Å². The molecule has 2 unspecified atom stereocenters. The number of hydrogen-bond donors (Lipinski definition) is 2. The third-order valence-corrected chi connectivity index (χ3v) is 4.45. The lowest BCUT2D eigenvalue weighted by Crippen LogP contribution is -2.52. The van der Waals surface area contributed by atoms with Crippen LogP contribution in [0.3, 0.4) is 0 Å². The standard InChI is InChI=1S/C14H28N2O/c1-5-14(6-2,7-3)16-13(17)12-9-8-11(4)15-10-12/h11-12,15H,5-10H2,1-4H3,(H,16,17). The molecule has 1 aliphatic rings. The lowest BCUT2D eigenvalue weighted by atomic mass is 9.87. The van der Waals surface area contributed by atoms with Crippen LogP contribution in [-0.2, 0) is 4.79 Å². The fourth-order valence-corrected chi connectivity index (χ4v) is 2.60. The van der Waals surface area contributed by atoms with Gasteiger partial charge < -0.3 is 10.6 Å². The summed E-state index contributed by atoms with van der Waals surface area (Å²) in [7, 11) is 0. The number of nitrogens with one attached hydrogen (secondary N) is 2. The maximum absolute atomic E-state index is 12.2. The predicted molar refractivity (Wildman–Crippen MR) is 71.9 cm³/mol. The van der Waals surface area contributed by atoms with Gasteiger partial charge in [0, 0.05) is 18.1 Å². The van der Waals surface area contributed by atoms with Gasteiger partial charge in [0.25, 0.3) is 0 Å². The number of carbonyl (C=O) groups is 1. The molecule has 0 spiro atoms. The van der Waals surface area contributed by atoms with Crippen molar-refractivity contribution in [1.29, 1.82) is 0 Å². The molecule has 1 amide bonds. The highest BCUT2D eigenvalue weighted by atomic mass is 16.2. The lowest BCUT2D eigenvalue weighted by Gasteiger charge is -2.35. The SMILES string of the molecule is CCC(CC)(CC)NC(=O)C1CCC(C)NC1. The maximum Gasteiger partial charge on any atom is 0.224 e. The summed E-state index contributed by atoms with van der Waals surface area (Å²) in [6, 6.07) is 0.562. The van der Waals surface area contributed by atoms with Gasteiger partial charge in [0.05, 0.1) is 5.92 Å². The molecular formula is C14H28N2O. The van der Waals surface area contributed by atoms with Crippen molar-refractivity contribution in [2.45, 2.75) is 71.4 Å². The van der Waals surface area contributed by atoms with E-state index >= 15 is 0 Å². The largest absolute Gasteiger partial charge is 0.350 e. The molecule has 0 aromatic carbocycles. The van der Waals surface area contributed by atoms with Crippen molar-refractivity contribution in [3.05, 3.63) is 0 Å². The van der Waals surface area contributed by atoms with Crippen LogP contribution in [0.1, 0.15) is 59.8 Å². The van der Waals surface area contributed by atoms with Crippen LogP contribution in [0.2, 0.25) is 0 Å². The first kappa shape index (κ1) is 14.5. The van der Waals surface area contributed by atoms with Crippen molar-refractivity contribution >= 4 is 5.91 Å². The van der Waals surface area contributed by atoms with E-state index in [4.69, 9.17) is 0 Å². The zero-order valence-electron chi connectivity index (χ0n) is 11.8. The zero-order chi connectivity index (χ0) is 12.9. The Morgan fingerprint density at radius 2 is 1.82 bits per heavy atom. The Balaban J connectivity index is 2.53. The van der Waals surface area contributed by atoms with E-state index in [1.807, 2.05) is 0 Å². The van der Waals surface area contributed by atoms with Crippen LogP contribution >= 0.6 is 0 Å². The molecule has 2 N–H and O–H groups in total. The zero-order valence-corrected chi connectivity index (χ0v) is 11.8. The number of amides is 1. The minimum atomic E-state index is 0.0140. The summed E-state index contributed by atoms with van der Waals surface area (Å²) in [6.07, 6.45) is 5.18. The molecular weight excluding hydrogens is 212 g/mol. The molecule has 1 saturated heterocycles. The summed E-state index contributed by atoms with van der Waals surface area (Å²) in [6.45, 7) is 9.50. The van der Waals surface area contributed by atoms with Gasteiger partial charge in [-0.05, 0) is 39.0 Å². The Bertz CT molecular complexity index is 232. The summed E-state index contributed by atoms with van der Waals surface area (Å²) in [5, 5.41) is 6.68. The van der Waals surface area contributed by atoms with Crippen LogP contribution in [0.5, 0.6) is 0 Å². The number of rotatable bonds is 5. The van der Waals surface area contributed by atoms with Gasteiger partial charge in [-0.25, -0.2) is 0 Å². The van der Waals surface area contributed by atoms with Gasteiger partial charge in [-0.2, -0.15) is 0 Å². The minimum absolute atomic E-state index is 0.0140. The Morgan fingerprint density at radius 1 is 1.24 bits per heavy atom. The first-order chi connectivity index (χ1) is 8.06. The van der Waals surface area contributed by atoms with Crippen molar-refractivity contribution < 1.29 is 4.79 Å². The van der Waals surface area contributed by atoms with E-state index in [0.29, 0.717) is 6.04 Å². The molecule has 0 aliphatic carbocycles. The lowest BCUT2D eigenvalue weighted by molar-refractivity contribution is -0.127. The monoisotopic (exact) mass is 240 g/mol. The van der Waals surface area contributed by atoms with E-state index in [1.165, 1.54) is 0 Å². The van der Waals surface area contributed by atoms with Crippen molar-refractivity contribution in [2.75, 3.05) is 6.54 Å². The third-order valence-electron chi connectivity index (χ3n) is 4.45. The van der Waals surface area contributed by atoms with Gasteiger partial charge in [-0.1, -0.05) is 20.8 Å². The van der Waals surface area contributed by atoms with Crippen molar-refractivity contribution in [2.24, 2.45) is 5.92 Å². The number of carbonyl (C=O) groups excluding carboxylic acids is 1. The van der Waals surface area contributed by atoms with E-state index in [9.17, 15) is 4.79 Å². The van der Waals surface area contributed by atoms with Crippen molar-refractivity contribution in [1.82, 2.24) is 10.6 Å². The van der Waals surface area contributed by atoms with Crippen LogP contribution in [0.4, 0.5) is 0 Å². The van der Waals surface area contributed by atoms with Gasteiger partial charge in [-0.3, -0.25) is 4.79 Å². The highest BCUT2D eigenvalue weighted by molar-refractivity contribution is 5.79. The Labute approximate surface area is 106 Å². The van der Waals surface area contributed by atoms with Gasteiger partial charge in [0.1, 0.15) is 0 Å². The van der Waals surface area contributed by atoms with E-state index in [0.717, 1.165) is 38.6 Å². The fraction of sp³-hybridized carbons (Fsp3) is 0.929.